The van der Waals surface area contributed by atoms with Gasteiger partial charge in [0, 0.05) is 11.0 Å². The number of thiophene rings is 1. The molecule has 4 heteroatoms. The first-order valence-electron chi connectivity index (χ1n) is 7.28. The lowest BCUT2D eigenvalue weighted by atomic mass is 10.0. The summed E-state index contributed by atoms with van der Waals surface area (Å²) in [4.78, 5) is 12.8. The fourth-order valence-electron chi connectivity index (χ4n) is 2.14. The normalized spacial score (nSPS) is 10.5. The highest BCUT2D eigenvalue weighted by Gasteiger charge is 2.03. The summed E-state index contributed by atoms with van der Waals surface area (Å²) < 4.78 is 5.28. The van der Waals surface area contributed by atoms with E-state index in [1.165, 1.54) is 6.08 Å². The van der Waals surface area contributed by atoms with Gasteiger partial charge in [-0.15, -0.1) is 11.3 Å². The highest BCUT2D eigenvalue weighted by Crippen LogP contribution is 2.23. The monoisotopic (exact) mass is 331 g/mol. The molecule has 0 aliphatic carbocycles. The van der Waals surface area contributed by atoms with Crippen LogP contribution in [0.15, 0.2) is 72.1 Å². The molecule has 0 amide bonds. The molecule has 3 aromatic rings. The van der Waals surface area contributed by atoms with Gasteiger partial charge in [-0.2, -0.15) is 5.26 Å². The van der Waals surface area contributed by atoms with Crippen LogP contribution < -0.4 is 4.74 Å². The van der Waals surface area contributed by atoms with Gasteiger partial charge in [0.1, 0.15) is 5.75 Å². The van der Waals surface area contributed by atoms with E-state index in [9.17, 15) is 4.79 Å². The quantitative estimate of drug-likeness (QED) is 0.388. The van der Waals surface area contributed by atoms with Crippen molar-refractivity contribution < 1.29 is 9.53 Å². The summed E-state index contributed by atoms with van der Waals surface area (Å²) in [5, 5.41) is 10.8. The van der Waals surface area contributed by atoms with Crippen LogP contribution >= 0.6 is 11.3 Å². The van der Waals surface area contributed by atoms with Crippen LogP contribution in [0.1, 0.15) is 10.4 Å². The third-order valence-electron chi connectivity index (χ3n) is 3.35. The van der Waals surface area contributed by atoms with Crippen molar-refractivity contribution in [3.63, 3.8) is 0 Å². The number of hydrogen-bond acceptors (Lipinski definition) is 4. The molecule has 0 bridgehead atoms. The second kappa shape index (κ2) is 7.40. The number of hydrogen-bond donors (Lipinski definition) is 0. The molecule has 0 saturated heterocycles. The van der Waals surface area contributed by atoms with Crippen LogP contribution in [0.4, 0.5) is 0 Å². The summed E-state index contributed by atoms with van der Waals surface area (Å²) in [6, 6.07) is 20.6. The fraction of sp³-hybridized carbons (Fsp3) is 0. The van der Waals surface area contributed by atoms with Crippen LogP contribution in [0.2, 0.25) is 0 Å². The molecule has 2 aromatic carbocycles. The van der Waals surface area contributed by atoms with E-state index >= 15 is 0 Å². The van der Waals surface area contributed by atoms with Crippen molar-refractivity contribution in [3.8, 4) is 22.9 Å². The number of carbonyl (C=O) groups excluding carboxylic acids is 1. The van der Waals surface area contributed by atoms with Crippen molar-refractivity contribution in [2.24, 2.45) is 0 Å². The van der Waals surface area contributed by atoms with Crippen molar-refractivity contribution in [2.75, 3.05) is 0 Å². The minimum Gasteiger partial charge on any atom is -0.423 e. The summed E-state index contributed by atoms with van der Waals surface area (Å²) >= 11 is 1.56. The van der Waals surface area contributed by atoms with Crippen LogP contribution in [0, 0.1) is 11.3 Å². The Balaban J connectivity index is 1.65. The Morgan fingerprint density at radius 1 is 1.00 bits per heavy atom. The maximum absolute atomic E-state index is 11.8. The van der Waals surface area contributed by atoms with Crippen molar-refractivity contribution in [1.29, 1.82) is 5.26 Å². The lowest BCUT2D eigenvalue weighted by Gasteiger charge is -2.04. The number of esters is 1. The van der Waals surface area contributed by atoms with Crippen molar-refractivity contribution >= 4 is 23.4 Å². The third kappa shape index (κ3) is 3.97. The van der Waals surface area contributed by atoms with Gasteiger partial charge in [0.25, 0.3) is 0 Å². The average Bonchev–Trinajstić information content (AvgIpc) is 3.14. The molecule has 1 heterocycles. The Kier molecular flexibility index (Phi) is 4.85. The van der Waals surface area contributed by atoms with Crippen LogP contribution in [-0.4, -0.2) is 5.97 Å². The number of benzene rings is 2. The van der Waals surface area contributed by atoms with E-state index in [-0.39, 0.29) is 0 Å². The summed E-state index contributed by atoms with van der Waals surface area (Å²) in [6.07, 6.45) is 3.15. The summed E-state index contributed by atoms with van der Waals surface area (Å²) in [5.41, 5.74) is 2.62. The van der Waals surface area contributed by atoms with Gasteiger partial charge in [-0.05, 0) is 52.9 Å². The fourth-order valence-corrected chi connectivity index (χ4v) is 2.76. The molecule has 3 nitrogen and oxygen atoms in total. The molecular weight excluding hydrogens is 318 g/mol. The molecule has 24 heavy (non-hydrogen) atoms. The number of ether oxygens (including phenoxy) is 1. The maximum Gasteiger partial charge on any atom is 0.336 e. The van der Waals surface area contributed by atoms with Gasteiger partial charge >= 0.3 is 5.97 Å². The van der Waals surface area contributed by atoms with Crippen LogP contribution in [-0.2, 0) is 4.79 Å². The van der Waals surface area contributed by atoms with Gasteiger partial charge in [-0.3, -0.25) is 0 Å². The maximum atomic E-state index is 11.8. The summed E-state index contributed by atoms with van der Waals surface area (Å²) in [5.74, 6) is 0.0859. The van der Waals surface area contributed by atoms with Crippen molar-refractivity contribution in [2.45, 2.75) is 0 Å². The minimum atomic E-state index is -0.408. The molecule has 0 spiro atoms. The first-order valence-corrected chi connectivity index (χ1v) is 8.16. The van der Waals surface area contributed by atoms with E-state index in [0.717, 1.165) is 16.0 Å². The lowest BCUT2D eigenvalue weighted by molar-refractivity contribution is -0.128. The van der Waals surface area contributed by atoms with Crippen molar-refractivity contribution in [1.82, 2.24) is 0 Å². The predicted molar refractivity (Wildman–Crippen MR) is 95.6 cm³/mol. The summed E-state index contributed by atoms with van der Waals surface area (Å²) in [7, 11) is 0. The van der Waals surface area contributed by atoms with E-state index in [2.05, 4.69) is 6.07 Å². The van der Waals surface area contributed by atoms with Gasteiger partial charge in [-0.25, -0.2) is 4.79 Å². The minimum absolute atomic E-state index is 0.408. The molecule has 0 radical (unpaired) electrons. The Morgan fingerprint density at radius 3 is 2.25 bits per heavy atom. The van der Waals surface area contributed by atoms with Crippen molar-refractivity contribution in [3.05, 3.63) is 82.6 Å². The molecule has 0 N–H and O–H groups in total. The molecule has 1 aromatic heterocycles. The van der Waals surface area contributed by atoms with Gasteiger partial charge < -0.3 is 4.74 Å². The Hall–Kier alpha value is -3.16. The van der Waals surface area contributed by atoms with Gasteiger partial charge in [0.15, 0.2) is 0 Å². The van der Waals surface area contributed by atoms with Gasteiger partial charge in [-0.1, -0.05) is 30.3 Å². The van der Waals surface area contributed by atoms with Crippen LogP contribution in [0.25, 0.3) is 17.2 Å². The lowest BCUT2D eigenvalue weighted by Crippen LogP contribution is -2.03. The number of nitriles is 1. The van der Waals surface area contributed by atoms with Crippen LogP contribution in [0.5, 0.6) is 5.75 Å². The zero-order chi connectivity index (χ0) is 16.8. The van der Waals surface area contributed by atoms with E-state index in [1.807, 2.05) is 41.8 Å². The molecule has 0 fully saturated rings. The van der Waals surface area contributed by atoms with E-state index in [4.69, 9.17) is 10.00 Å². The van der Waals surface area contributed by atoms with E-state index in [1.54, 1.807) is 41.7 Å². The molecule has 0 aliphatic heterocycles. The van der Waals surface area contributed by atoms with Crippen LogP contribution in [0.3, 0.4) is 0 Å². The first kappa shape index (κ1) is 15.7. The molecule has 0 saturated carbocycles. The first-order chi connectivity index (χ1) is 11.7. The highest BCUT2D eigenvalue weighted by molar-refractivity contribution is 7.10. The molecule has 0 aliphatic rings. The molecule has 0 atom stereocenters. The van der Waals surface area contributed by atoms with E-state index < -0.39 is 5.97 Å². The zero-order valence-corrected chi connectivity index (χ0v) is 13.5. The number of carbonyl (C=O) groups is 1. The molecule has 3 rings (SSSR count). The SMILES string of the molecule is N#Cc1ccc(-c2ccc(OC(=O)C=Cc3cccs3)cc2)cc1. The third-order valence-corrected chi connectivity index (χ3v) is 4.18. The van der Waals surface area contributed by atoms with Gasteiger partial charge in [0.05, 0.1) is 11.6 Å². The topological polar surface area (TPSA) is 50.1 Å². The number of rotatable bonds is 4. The zero-order valence-electron chi connectivity index (χ0n) is 12.7. The second-order valence-corrected chi connectivity index (χ2v) is 5.96. The highest BCUT2D eigenvalue weighted by atomic mass is 32.1. The predicted octanol–water partition coefficient (Wildman–Crippen LogP) is 4.91. The Bertz CT molecular complexity index is 886. The molecule has 116 valence electrons. The smallest absolute Gasteiger partial charge is 0.336 e. The summed E-state index contributed by atoms with van der Waals surface area (Å²) in [6.45, 7) is 0. The Labute approximate surface area is 144 Å². The second-order valence-electron chi connectivity index (χ2n) is 4.98. The average molecular weight is 331 g/mol. The Morgan fingerprint density at radius 2 is 1.67 bits per heavy atom. The van der Waals surface area contributed by atoms with E-state index in [0.29, 0.717) is 11.3 Å². The molecular formula is C20H13NO2S. The van der Waals surface area contributed by atoms with Gasteiger partial charge in [0.2, 0.25) is 0 Å². The molecule has 0 unspecified atom stereocenters. The number of nitrogens with zero attached hydrogens (tertiary/aromatic N) is 1. The largest absolute Gasteiger partial charge is 0.423 e. The standard InChI is InChI=1S/C20H13NO2S/c21-14-15-3-5-16(6-4-15)17-7-9-18(10-8-17)23-20(22)12-11-19-2-1-13-24-19/h1-13H.